The van der Waals surface area contributed by atoms with Gasteiger partial charge in [-0.1, -0.05) is 6.42 Å². The number of nitrogens with one attached hydrogen (secondary N) is 1. The largest absolute Gasteiger partial charge is 0.309 e. The summed E-state index contributed by atoms with van der Waals surface area (Å²) in [6.07, 6.45) is 3.80. The summed E-state index contributed by atoms with van der Waals surface area (Å²) in [6.45, 7) is 1.12. The molecule has 0 amide bonds. The van der Waals surface area contributed by atoms with E-state index in [0.717, 1.165) is 12.1 Å². The summed E-state index contributed by atoms with van der Waals surface area (Å²) in [6, 6.07) is 4.68. The van der Waals surface area contributed by atoms with Crippen molar-refractivity contribution in [1.29, 1.82) is 5.26 Å². The number of hydrogen-bond donors (Lipinski definition) is 1. The van der Waals surface area contributed by atoms with Crippen LogP contribution in [0.1, 0.15) is 35.7 Å². The van der Waals surface area contributed by atoms with E-state index in [1.54, 1.807) is 11.3 Å². The molecule has 1 aliphatic heterocycles. The zero-order valence-corrected chi connectivity index (χ0v) is 8.23. The normalized spacial score (nSPS) is 22.5. The van der Waals surface area contributed by atoms with Gasteiger partial charge in [0.25, 0.3) is 0 Å². The number of rotatable bonds is 1. The minimum Gasteiger partial charge on any atom is -0.309 e. The van der Waals surface area contributed by atoms with Crippen molar-refractivity contribution in [3.8, 4) is 6.07 Å². The first-order valence-corrected chi connectivity index (χ1v) is 5.50. The average molecular weight is 192 g/mol. The Morgan fingerprint density at radius 1 is 1.54 bits per heavy atom. The molecule has 68 valence electrons. The van der Waals surface area contributed by atoms with Crippen LogP contribution in [0, 0.1) is 11.3 Å². The fraction of sp³-hybridized carbons (Fsp3) is 0.500. The predicted octanol–water partition coefficient (Wildman–Crippen LogP) is 2.43. The molecule has 0 radical (unpaired) electrons. The molecule has 1 saturated heterocycles. The van der Waals surface area contributed by atoms with Gasteiger partial charge in [0, 0.05) is 16.3 Å². The van der Waals surface area contributed by atoms with Gasteiger partial charge < -0.3 is 5.32 Å². The van der Waals surface area contributed by atoms with Crippen molar-refractivity contribution >= 4 is 11.3 Å². The third kappa shape index (κ3) is 1.90. The Hall–Kier alpha value is -0.850. The highest BCUT2D eigenvalue weighted by Gasteiger charge is 2.15. The predicted molar refractivity (Wildman–Crippen MR) is 53.6 cm³/mol. The maximum atomic E-state index is 8.69. The lowest BCUT2D eigenvalue weighted by Crippen LogP contribution is -2.25. The quantitative estimate of drug-likeness (QED) is 0.741. The summed E-state index contributed by atoms with van der Waals surface area (Å²) in [5.41, 5.74) is 0.798. The van der Waals surface area contributed by atoms with E-state index >= 15 is 0 Å². The molecule has 2 heterocycles. The Kier molecular flexibility index (Phi) is 2.62. The molecule has 0 saturated carbocycles. The second kappa shape index (κ2) is 3.91. The minimum atomic E-state index is 0.501. The van der Waals surface area contributed by atoms with Crippen LogP contribution in [0.2, 0.25) is 0 Å². The van der Waals surface area contributed by atoms with Crippen molar-refractivity contribution in [1.82, 2.24) is 5.32 Å². The molecule has 2 nitrogen and oxygen atoms in total. The third-order valence-corrected chi connectivity index (χ3v) is 3.45. The number of hydrogen-bond acceptors (Lipinski definition) is 3. The Bertz CT molecular complexity index is 318. The molecular weight excluding hydrogens is 180 g/mol. The van der Waals surface area contributed by atoms with Crippen LogP contribution < -0.4 is 5.32 Å². The molecule has 2 rings (SSSR count). The van der Waals surface area contributed by atoms with Crippen molar-refractivity contribution in [3.63, 3.8) is 0 Å². The second-order valence-electron chi connectivity index (χ2n) is 3.35. The van der Waals surface area contributed by atoms with Crippen molar-refractivity contribution in [2.45, 2.75) is 25.3 Å². The lowest BCUT2D eigenvalue weighted by molar-refractivity contribution is 0.417. The van der Waals surface area contributed by atoms with E-state index in [2.05, 4.69) is 11.4 Å². The lowest BCUT2D eigenvalue weighted by atomic mass is 10.0. The third-order valence-electron chi connectivity index (χ3n) is 2.40. The van der Waals surface area contributed by atoms with Crippen LogP contribution in [0.25, 0.3) is 0 Å². The first-order valence-electron chi connectivity index (χ1n) is 4.62. The fourth-order valence-corrected chi connectivity index (χ4v) is 2.63. The van der Waals surface area contributed by atoms with Crippen molar-refractivity contribution in [2.24, 2.45) is 0 Å². The Labute approximate surface area is 82.2 Å². The summed E-state index contributed by atoms with van der Waals surface area (Å²) in [5.74, 6) is 0. The maximum Gasteiger partial charge on any atom is 0.100 e. The molecule has 1 N–H and O–H groups in total. The molecule has 1 atom stereocenters. The highest BCUT2D eigenvalue weighted by atomic mass is 32.1. The summed E-state index contributed by atoms with van der Waals surface area (Å²) in [4.78, 5) is 1.32. The first-order chi connectivity index (χ1) is 6.40. The van der Waals surface area contributed by atoms with Gasteiger partial charge in [0.1, 0.15) is 6.07 Å². The molecule has 1 aromatic heterocycles. The van der Waals surface area contributed by atoms with Gasteiger partial charge in [0.2, 0.25) is 0 Å². The van der Waals surface area contributed by atoms with Gasteiger partial charge >= 0.3 is 0 Å². The second-order valence-corrected chi connectivity index (χ2v) is 4.29. The highest BCUT2D eigenvalue weighted by molar-refractivity contribution is 7.10. The number of piperidine rings is 1. The van der Waals surface area contributed by atoms with E-state index in [1.165, 1.54) is 24.1 Å². The molecule has 3 heteroatoms. The van der Waals surface area contributed by atoms with E-state index < -0.39 is 0 Å². The van der Waals surface area contributed by atoms with Gasteiger partial charge in [0.05, 0.1) is 5.56 Å². The SMILES string of the molecule is N#Cc1csc(C2CCCCN2)c1. The molecule has 0 aliphatic carbocycles. The molecule has 0 bridgehead atoms. The van der Waals surface area contributed by atoms with Gasteiger partial charge in [-0.25, -0.2) is 0 Å². The number of thiophene rings is 1. The van der Waals surface area contributed by atoms with Crippen LogP contribution in [0.3, 0.4) is 0 Å². The molecule has 0 aromatic carbocycles. The number of nitrogens with zero attached hydrogens (tertiary/aromatic N) is 1. The molecule has 0 spiro atoms. The van der Waals surface area contributed by atoms with Crippen molar-refractivity contribution in [3.05, 3.63) is 21.9 Å². The van der Waals surface area contributed by atoms with Crippen molar-refractivity contribution < 1.29 is 0 Å². The van der Waals surface area contributed by atoms with E-state index in [4.69, 9.17) is 5.26 Å². The summed E-state index contributed by atoms with van der Waals surface area (Å²) in [7, 11) is 0. The maximum absolute atomic E-state index is 8.69. The Morgan fingerprint density at radius 3 is 3.08 bits per heavy atom. The summed E-state index contributed by atoms with van der Waals surface area (Å²) in [5, 5.41) is 14.1. The van der Waals surface area contributed by atoms with Crippen molar-refractivity contribution in [2.75, 3.05) is 6.54 Å². The molecular formula is C10H12N2S. The van der Waals surface area contributed by atoms with Gasteiger partial charge in [0.15, 0.2) is 0 Å². The van der Waals surface area contributed by atoms with Crippen LogP contribution in [-0.4, -0.2) is 6.54 Å². The lowest BCUT2D eigenvalue weighted by Gasteiger charge is -2.21. The first kappa shape index (κ1) is 8.74. The van der Waals surface area contributed by atoms with Gasteiger partial charge in [-0.05, 0) is 25.5 Å². The summed E-state index contributed by atoms with van der Waals surface area (Å²) < 4.78 is 0. The van der Waals surface area contributed by atoms with Gasteiger partial charge in [-0.15, -0.1) is 11.3 Å². The molecule has 1 aromatic rings. The Morgan fingerprint density at radius 2 is 2.46 bits per heavy atom. The average Bonchev–Trinajstić information content (AvgIpc) is 2.67. The van der Waals surface area contributed by atoms with E-state index in [1.807, 2.05) is 11.4 Å². The standard InChI is InChI=1S/C10H12N2S/c11-6-8-5-10(13-7-8)9-3-1-2-4-12-9/h5,7,9,12H,1-4H2. The smallest absolute Gasteiger partial charge is 0.100 e. The zero-order chi connectivity index (χ0) is 9.10. The topological polar surface area (TPSA) is 35.8 Å². The summed E-state index contributed by atoms with van der Waals surface area (Å²) >= 11 is 1.70. The fourth-order valence-electron chi connectivity index (χ4n) is 1.69. The van der Waals surface area contributed by atoms with Crippen LogP contribution in [0.15, 0.2) is 11.4 Å². The Balaban J connectivity index is 2.11. The van der Waals surface area contributed by atoms with Crippen LogP contribution in [0.4, 0.5) is 0 Å². The molecule has 1 aliphatic rings. The molecule has 1 fully saturated rings. The van der Waals surface area contributed by atoms with Gasteiger partial charge in [-0.3, -0.25) is 0 Å². The van der Waals surface area contributed by atoms with E-state index in [0.29, 0.717) is 6.04 Å². The zero-order valence-electron chi connectivity index (χ0n) is 7.42. The highest BCUT2D eigenvalue weighted by Crippen LogP contribution is 2.27. The van der Waals surface area contributed by atoms with Crippen LogP contribution in [0.5, 0.6) is 0 Å². The molecule has 1 unspecified atom stereocenters. The number of nitriles is 1. The molecule has 13 heavy (non-hydrogen) atoms. The monoisotopic (exact) mass is 192 g/mol. The van der Waals surface area contributed by atoms with Crippen LogP contribution >= 0.6 is 11.3 Å². The van der Waals surface area contributed by atoms with E-state index in [9.17, 15) is 0 Å². The van der Waals surface area contributed by atoms with Gasteiger partial charge in [-0.2, -0.15) is 5.26 Å². The minimum absolute atomic E-state index is 0.501. The van der Waals surface area contributed by atoms with Crippen LogP contribution in [-0.2, 0) is 0 Å². The van der Waals surface area contributed by atoms with E-state index in [-0.39, 0.29) is 0 Å².